The van der Waals surface area contributed by atoms with E-state index >= 15 is 0 Å². The Labute approximate surface area is 127 Å². The fourth-order valence-electron chi connectivity index (χ4n) is 1.63. The molecular weight excluding hydrogens is 326 g/mol. The van der Waals surface area contributed by atoms with Gasteiger partial charge in [-0.05, 0) is 6.42 Å². The van der Waals surface area contributed by atoms with Crippen LogP contribution in [0.3, 0.4) is 0 Å². The second-order valence-corrected chi connectivity index (χ2v) is 4.85. The molecule has 2 aromatic heterocycles. The summed E-state index contributed by atoms with van der Waals surface area (Å²) in [5.41, 5.74) is 0. The van der Waals surface area contributed by atoms with E-state index in [1.54, 1.807) is 6.20 Å². The number of carbonyl (C=O) groups excluding carboxylic acids is 1. The number of nitrogens with zero attached hydrogens (tertiary/aromatic N) is 2. The van der Waals surface area contributed by atoms with Gasteiger partial charge in [0.1, 0.15) is 6.54 Å². The molecule has 4 nitrogen and oxygen atoms in total. The van der Waals surface area contributed by atoms with Crippen molar-refractivity contribution in [3.63, 3.8) is 0 Å². The number of halogens is 1. The van der Waals surface area contributed by atoms with Gasteiger partial charge in [0.05, 0.1) is 0 Å². The van der Waals surface area contributed by atoms with Crippen LogP contribution in [0.1, 0.15) is 19.3 Å². The van der Waals surface area contributed by atoms with E-state index in [0.29, 0.717) is 11.6 Å². The Balaban J connectivity index is 0.00000180. The van der Waals surface area contributed by atoms with Crippen molar-refractivity contribution in [2.75, 3.05) is 5.32 Å². The predicted molar refractivity (Wildman–Crippen MR) is 71.2 cm³/mol. The summed E-state index contributed by atoms with van der Waals surface area (Å²) >= 11 is 1.44. The van der Waals surface area contributed by atoms with Crippen LogP contribution in [0.5, 0.6) is 0 Å². The van der Waals surface area contributed by atoms with Gasteiger partial charge >= 0.3 is 0 Å². The fourth-order valence-corrected chi connectivity index (χ4v) is 2.18. The molecule has 0 aliphatic heterocycles. The summed E-state index contributed by atoms with van der Waals surface area (Å²) in [5.74, 6) is 0.0445. The van der Waals surface area contributed by atoms with Crippen molar-refractivity contribution in [3.05, 3.63) is 42.2 Å². The molecule has 0 fully saturated rings. The molecule has 1 N–H and O–H groups in total. The first-order chi connectivity index (χ1) is 8.84. The number of hydrogen-bond donors (Lipinski definition) is 1. The highest BCUT2D eigenvalue weighted by Gasteiger charge is 2.05. The maximum absolute atomic E-state index is 11.6. The Morgan fingerprint density at radius 1 is 1.26 bits per heavy atom. The number of anilines is 1. The minimum atomic E-state index is 0. The Morgan fingerprint density at radius 2 is 2.05 bits per heavy atom. The summed E-state index contributed by atoms with van der Waals surface area (Å²) in [5, 5.41) is 5.31. The van der Waals surface area contributed by atoms with E-state index in [1.165, 1.54) is 11.3 Å². The summed E-state index contributed by atoms with van der Waals surface area (Å²) in [6, 6.07) is 6.02. The second kappa shape index (κ2) is 8.77. The third-order valence-electron chi connectivity index (χ3n) is 2.53. The number of thiazole rings is 1. The molecule has 0 saturated heterocycles. The first-order valence-corrected chi connectivity index (χ1v) is 6.86. The molecule has 0 aromatic carbocycles. The Kier molecular flexibility index (Phi) is 7.28. The number of unbranched alkanes of at least 4 members (excludes halogenated alkanes) is 1. The van der Waals surface area contributed by atoms with Crippen LogP contribution in [0.4, 0.5) is 5.13 Å². The van der Waals surface area contributed by atoms with Gasteiger partial charge in [-0.3, -0.25) is 4.79 Å². The topological polar surface area (TPSA) is 45.9 Å². The SMILES string of the molecule is O=C(CCCC[n+]1ccccc1)Nc1nccs1.[Br-]. The molecule has 0 unspecified atom stereocenters. The molecular formula is C13H16BrN3OS. The lowest BCUT2D eigenvalue weighted by Gasteiger charge is -2.00. The minimum absolute atomic E-state index is 0. The summed E-state index contributed by atoms with van der Waals surface area (Å²) in [6.45, 7) is 0.950. The molecule has 0 atom stereocenters. The highest BCUT2D eigenvalue weighted by Crippen LogP contribution is 2.10. The monoisotopic (exact) mass is 341 g/mol. The van der Waals surface area contributed by atoms with Gasteiger partial charge in [-0.1, -0.05) is 6.07 Å². The maximum atomic E-state index is 11.6. The summed E-state index contributed by atoms with van der Waals surface area (Å²) in [4.78, 5) is 15.6. The summed E-state index contributed by atoms with van der Waals surface area (Å²) in [6.07, 6.45) is 8.20. The third kappa shape index (κ3) is 5.94. The molecule has 1 amide bonds. The molecule has 6 heteroatoms. The van der Waals surface area contributed by atoms with Crippen LogP contribution in [0.2, 0.25) is 0 Å². The highest BCUT2D eigenvalue weighted by molar-refractivity contribution is 7.13. The van der Waals surface area contributed by atoms with E-state index in [0.717, 1.165) is 19.4 Å². The zero-order valence-electron chi connectivity index (χ0n) is 10.5. The van der Waals surface area contributed by atoms with Crippen molar-refractivity contribution in [1.82, 2.24) is 4.98 Å². The molecule has 0 saturated carbocycles. The number of aryl methyl sites for hydroxylation is 1. The van der Waals surface area contributed by atoms with E-state index in [1.807, 2.05) is 36.0 Å². The van der Waals surface area contributed by atoms with E-state index in [4.69, 9.17) is 0 Å². The summed E-state index contributed by atoms with van der Waals surface area (Å²) < 4.78 is 2.12. The summed E-state index contributed by atoms with van der Waals surface area (Å²) in [7, 11) is 0. The van der Waals surface area contributed by atoms with Crippen molar-refractivity contribution >= 4 is 22.4 Å². The van der Waals surface area contributed by atoms with Crippen LogP contribution >= 0.6 is 11.3 Å². The number of amides is 1. The molecule has 19 heavy (non-hydrogen) atoms. The van der Waals surface area contributed by atoms with Gasteiger partial charge in [0, 0.05) is 36.6 Å². The van der Waals surface area contributed by atoms with Gasteiger partial charge in [0.15, 0.2) is 17.5 Å². The van der Waals surface area contributed by atoms with Crippen LogP contribution in [0.25, 0.3) is 0 Å². The van der Waals surface area contributed by atoms with Crippen molar-refractivity contribution < 1.29 is 26.3 Å². The van der Waals surface area contributed by atoms with Gasteiger partial charge in [0.25, 0.3) is 0 Å². The first-order valence-electron chi connectivity index (χ1n) is 5.98. The standard InChI is InChI=1S/C13H15N3OS.BrH/c17-12(15-13-14-7-11-18-13)6-2-5-10-16-8-3-1-4-9-16;/h1,3-4,7-9,11H,2,5-6,10H2;1H. The number of carbonyl (C=O) groups is 1. The molecule has 0 aliphatic carbocycles. The van der Waals surface area contributed by atoms with Crippen molar-refractivity contribution in [2.45, 2.75) is 25.8 Å². The highest BCUT2D eigenvalue weighted by atomic mass is 79.9. The van der Waals surface area contributed by atoms with E-state index in [-0.39, 0.29) is 22.9 Å². The van der Waals surface area contributed by atoms with Crippen LogP contribution in [0, 0.1) is 0 Å². The molecule has 0 spiro atoms. The molecule has 2 heterocycles. The van der Waals surface area contributed by atoms with E-state index in [2.05, 4.69) is 14.9 Å². The zero-order chi connectivity index (χ0) is 12.6. The van der Waals surface area contributed by atoms with E-state index in [9.17, 15) is 4.79 Å². The lowest BCUT2D eigenvalue weighted by atomic mass is 10.2. The quantitative estimate of drug-likeness (QED) is 0.554. The average molecular weight is 342 g/mol. The van der Waals surface area contributed by atoms with Crippen molar-refractivity contribution in [3.8, 4) is 0 Å². The predicted octanol–water partition coefficient (Wildman–Crippen LogP) is -0.756. The third-order valence-corrected chi connectivity index (χ3v) is 3.21. The normalized spacial score (nSPS) is 9.68. The molecule has 102 valence electrons. The van der Waals surface area contributed by atoms with Crippen LogP contribution in [-0.2, 0) is 11.3 Å². The molecule has 0 aliphatic rings. The Morgan fingerprint density at radius 3 is 2.74 bits per heavy atom. The van der Waals surface area contributed by atoms with Crippen molar-refractivity contribution in [1.29, 1.82) is 0 Å². The van der Waals surface area contributed by atoms with Crippen LogP contribution in [-0.4, -0.2) is 10.9 Å². The van der Waals surface area contributed by atoms with Crippen molar-refractivity contribution in [2.24, 2.45) is 0 Å². The van der Waals surface area contributed by atoms with Gasteiger partial charge in [-0.2, -0.15) is 0 Å². The van der Waals surface area contributed by atoms with Crippen LogP contribution in [0.15, 0.2) is 42.2 Å². The first kappa shape index (κ1) is 15.8. The minimum Gasteiger partial charge on any atom is -1.00 e. The number of pyridine rings is 1. The Hall–Kier alpha value is -1.27. The average Bonchev–Trinajstić information content (AvgIpc) is 2.89. The number of hydrogen-bond acceptors (Lipinski definition) is 3. The molecule has 0 bridgehead atoms. The largest absolute Gasteiger partial charge is 1.00 e. The van der Waals surface area contributed by atoms with Gasteiger partial charge < -0.3 is 22.3 Å². The van der Waals surface area contributed by atoms with Gasteiger partial charge in [-0.15, -0.1) is 11.3 Å². The lowest BCUT2D eigenvalue weighted by Crippen LogP contribution is -3.00. The number of aromatic nitrogens is 2. The second-order valence-electron chi connectivity index (χ2n) is 3.96. The zero-order valence-corrected chi connectivity index (χ0v) is 12.9. The maximum Gasteiger partial charge on any atom is 0.226 e. The molecule has 2 aromatic rings. The lowest BCUT2D eigenvalue weighted by molar-refractivity contribution is -0.697. The van der Waals surface area contributed by atoms with Gasteiger partial charge in [-0.25, -0.2) is 9.55 Å². The molecule has 2 rings (SSSR count). The Bertz CT molecular complexity index is 476. The van der Waals surface area contributed by atoms with Crippen LogP contribution < -0.4 is 26.9 Å². The fraction of sp³-hybridized carbons (Fsp3) is 0.308. The van der Waals surface area contributed by atoms with E-state index < -0.39 is 0 Å². The number of rotatable bonds is 6. The smallest absolute Gasteiger partial charge is 0.226 e. The van der Waals surface area contributed by atoms with Gasteiger partial charge in [0.2, 0.25) is 5.91 Å². The number of nitrogens with one attached hydrogen (secondary N) is 1. The molecule has 0 radical (unpaired) electrons.